The Bertz CT molecular complexity index is 699. The van der Waals surface area contributed by atoms with Crippen LogP contribution in [0.25, 0.3) is 0 Å². The second-order valence-electron chi connectivity index (χ2n) is 4.79. The number of anilines is 1. The molecule has 0 unspecified atom stereocenters. The van der Waals surface area contributed by atoms with Gasteiger partial charge in [0.1, 0.15) is 17.7 Å². The van der Waals surface area contributed by atoms with E-state index in [1.54, 1.807) is 24.3 Å². The van der Waals surface area contributed by atoms with Gasteiger partial charge < -0.3 is 9.47 Å². The number of benzene rings is 1. The monoisotopic (exact) mass is 303 g/mol. The number of hydrazone groups is 1. The van der Waals surface area contributed by atoms with Gasteiger partial charge >= 0.3 is 5.97 Å². The molecule has 8 nitrogen and oxygen atoms in total. The molecule has 1 fully saturated rings. The first-order valence-corrected chi connectivity index (χ1v) is 6.51. The minimum atomic E-state index is -0.967. The SMILES string of the molecule is COC(=O)C1=NN[C@@H]2C(=O)N(c3cccc(OC)c3)C(=O)[C@@H]12. The molecular weight excluding hydrogens is 290 g/mol. The van der Waals surface area contributed by atoms with E-state index in [2.05, 4.69) is 15.3 Å². The first kappa shape index (κ1) is 14.1. The van der Waals surface area contributed by atoms with Gasteiger partial charge in [-0.15, -0.1) is 0 Å². The second-order valence-corrected chi connectivity index (χ2v) is 4.79. The third kappa shape index (κ3) is 1.92. The summed E-state index contributed by atoms with van der Waals surface area (Å²) in [6.07, 6.45) is 0. The summed E-state index contributed by atoms with van der Waals surface area (Å²) >= 11 is 0. The topological polar surface area (TPSA) is 97.3 Å². The van der Waals surface area contributed by atoms with E-state index in [1.807, 2.05) is 0 Å². The van der Waals surface area contributed by atoms with Crippen LogP contribution in [0.1, 0.15) is 0 Å². The number of carbonyl (C=O) groups is 3. The Kier molecular flexibility index (Phi) is 3.28. The molecule has 2 aliphatic heterocycles. The molecule has 1 aromatic rings. The van der Waals surface area contributed by atoms with E-state index < -0.39 is 29.7 Å². The van der Waals surface area contributed by atoms with Crippen molar-refractivity contribution in [2.24, 2.45) is 11.0 Å². The number of esters is 1. The van der Waals surface area contributed by atoms with Crippen molar-refractivity contribution in [3.63, 3.8) is 0 Å². The number of imide groups is 1. The first-order chi connectivity index (χ1) is 10.6. The second kappa shape index (κ2) is 5.14. The van der Waals surface area contributed by atoms with Crippen LogP contribution >= 0.6 is 0 Å². The molecule has 22 heavy (non-hydrogen) atoms. The fourth-order valence-electron chi connectivity index (χ4n) is 2.57. The van der Waals surface area contributed by atoms with E-state index in [1.165, 1.54) is 14.2 Å². The highest BCUT2D eigenvalue weighted by atomic mass is 16.5. The van der Waals surface area contributed by atoms with Crippen molar-refractivity contribution in [1.82, 2.24) is 5.43 Å². The van der Waals surface area contributed by atoms with Gasteiger partial charge in [0, 0.05) is 6.07 Å². The Morgan fingerprint density at radius 1 is 1.27 bits per heavy atom. The van der Waals surface area contributed by atoms with Crippen LogP contribution in [0.4, 0.5) is 5.69 Å². The summed E-state index contributed by atoms with van der Waals surface area (Å²) in [6.45, 7) is 0. The summed E-state index contributed by atoms with van der Waals surface area (Å²) in [5.41, 5.74) is 2.83. The van der Waals surface area contributed by atoms with Crippen molar-refractivity contribution in [1.29, 1.82) is 0 Å². The first-order valence-electron chi connectivity index (χ1n) is 6.51. The molecule has 2 heterocycles. The molecule has 1 N–H and O–H groups in total. The molecule has 0 aromatic heterocycles. The Morgan fingerprint density at radius 3 is 2.73 bits per heavy atom. The third-order valence-electron chi connectivity index (χ3n) is 3.63. The van der Waals surface area contributed by atoms with Gasteiger partial charge in [0.05, 0.1) is 19.9 Å². The fraction of sp³-hybridized carbons (Fsp3) is 0.286. The molecule has 114 valence electrons. The van der Waals surface area contributed by atoms with Crippen molar-refractivity contribution in [2.75, 3.05) is 19.1 Å². The van der Waals surface area contributed by atoms with Crippen LogP contribution in [0.5, 0.6) is 5.75 Å². The van der Waals surface area contributed by atoms with Crippen LogP contribution in [-0.2, 0) is 19.1 Å². The van der Waals surface area contributed by atoms with Gasteiger partial charge in [-0.25, -0.2) is 9.69 Å². The van der Waals surface area contributed by atoms with Gasteiger partial charge in [-0.2, -0.15) is 5.10 Å². The summed E-state index contributed by atoms with van der Waals surface area (Å²) in [7, 11) is 2.68. The molecule has 3 rings (SSSR count). The summed E-state index contributed by atoms with van der Waals surface area (Å²) < 4.78 is 9.68. The van der Waals surface area contributed by atoms with Crippen molar-refractivity contribution >= 4 is 29.2 Å². The minimum Gasteiger partial charge on any atom is -0.497 e. The molecule has 1 saturated heterocycles. The molecule has 0 spiro atoms. The molecule has 8 heteroatoms. The quantitative estimate of drug-likeness (QED) is 0.607. The molecule has 0 aliphatic carbocycles. The number of hydrogen-bond donors (Lipinski definition) is 1. The zero-order valence-electron chi connectivity index (χ0n) is 11.9. The average Bonchev–Trinajstić information content (AvgIpc) is 3.08. The van der Waals surface area contributed by atoms with Crippen LogP contribution in [0.15, 0.2) is 29.4 Å². The number of amides is 2. The third-order valence-corrected chi connectivity index (χ3v) is 3.63. The largest absolute Gasteiger partial charge is 0.497 e. The van der Waals surface area contributed by atoms with Gasteiger partial charge in [0.15, 0.2) is 5.71 Å². The highest BCUT2D eigenvalue weighted by Gasteiger charge is 2.55. The molecule has 0 bridgehead atoms. The number of carbonyl (C=O) groups excluding carboxylic acids is 3. The number of fused-ring (bicyclic) bond motifs is 1. The normalized spacial score (nSPS) is 23.0. The lowest BCUT2D eigenvalue weighted by molar-refractivity contribution is -0.133. The highest BCUT2D eigenvalue weighted by Crippen LogP contribution is 2.32. The van der Waals surface area contributed by atoms with E-state index >= 15 is 0 Å². The molecular formula is C14H13N3O5. The van der Waals surface area contributed by atoms with Gasteiger partial charge in [-0.3, -0.25) is 15.0 Å². The van der Waals surface area contributed by atoms with Crippen LogP contribution in [-0.4, -0.2) is 43.8 Å². The molecule has 0 saturated carbocycles. The zero-order valence-corrected chi connectivity index (χ0v) is 11.9. The maximum absolute atomic E-state index is 12.6. The Hall–Kier alpha value is -2.90. The summed E-state index contributed by atoms with van der Waals surface area (Å²) in [6, 6.07) is 5.69. The van der Waals surface area contributed by atoms with Gasteiger partial charge in [0.25, 0.3) is 5.91 Å². The Labute approximate surface area is 125 Å². The number of nitrogens with one attached hydrogen (secondary N) is 1. The molecule has 2 atom stereocenters. The molecule has 2 amide bonds. The lowest BCUT2D eigenvalue weighted by Gasteiger charge is -2.16. The maximum atomic E-state index is 12.6. The number of hydrogen-bond acceptors (Lipinski definition) is 7. The lowest BCUT2D eigenvalue weighted by atomic mass is 9.99. The van der Waals surface area contributed by atoms with E-state index in [-0.39, 0.29) is 5.71 Å². The highest BCUT2D eigenvalue weighted by molar-refractivity contribution is 6.46. The number of rotatable bonds is 3. The van der Waals surface area contributed by atoms with Gasteiger partial charge in [0.2, 0.25) is 5.91 Å². The van der Waals surface area contributed by atoms with Crippen LogP contribution < -0.4 is 15.1 Å². The smallest absolute Gasteiger partial charge is 0.355 e. The summed E-state index contributed by atoms with van der Waals surface area (Å²) in [5.74, 6) is -2.16. The predicted octanol–water partition coefficient (Wildman–Crippen LogP) is -0.315. The summed E-state index contributed by atoms with van der Waals surface area (Å²) in [4.78, 5) is 37.7. The van der Waals surface area contributed by atoms with Crippen molar-refractivity contribution in [3.05, 3.63) is 24.3 Å². The van der Waals surface area contributed by atoms with Crippen LogP contribution in [0, 0.1) is 5.92 Å². The minimum absolute atomic E-state index is 0.0868. The van der Waals surface area contributed by atoms with Gasteiger partial charge in [-0.05, 0) is 12.1 Å². The Morgan fingerprint density at radius 2 is 2.05 bits per heavy atom. The molecule has 2 aliphatic rings. The van der Waals surface area contributed by atoms with E-state index in [0.717, 1.165) is 4.90 Å². The fourth-order valence-corrected chi connectivity index (χ4v) is 2.57. The van der Waals surface area contributed by atoms with Gasteiger partial charge in [-0.1, -0.05) is 6.07 Å². The Balaban J connectivity index is 1.96. The number of nitrogens with zero attached hydrogens (tertiary/aromatic N) is 2. The zero-order chi connectivity index (χ0) is 15.9. The molecule has 1 aromatic carbocycles. The summed E-state index contributed by atoms with van der Waals surface area (Å²) in [5, 5.41) is 3.75. The van der Waals surface area contributed by atoms with E-state index in [9.17, 15) is 14.4 Å². The van der Waals surface area contributed by atoms with E-state index in [4.69, 9.17) is 4.74 Å². The standard InChI is InChI=1S/C14H13N3O5/c1-21-8-5-3-4-7(6-8)17-12(18)9-10(13(17)19)15-16-11(9)14(20)22-2/h3-6,9-10,15H,1-2H3/t9-,10+/m1/s1. The van der Waals surface area contributed by atoms with Crippen molar-refractivity contribution in [3.8, 4) is 5.75 Å². The number of methoxy groups -OCH3 is 2. The van der Waals surface area contributed by atoms with Crippen molar-refractivity contribution in [2.45, 2.75) is 6.04 Å². The lowest BCUT2D eigenvalue weighted by Crippen LogP contribution is -2.36. The van der Waals surface area contributed by atoms with Crippen LogP contribution in [0.2, 0.25) is 0 Å². The predicted molar refractivity (Wildman–Crippen MR) is 75.4 cm³/mol. The van der Waals surface area contributed by atoms with Crippen molar-refractivity contribution < 1.29 is 23.9 Å². The molecule has 0 radical (unpaired) electrons. The van der Waals surface area contributed by atoms with Crippen LogP contribution in [0.3, 0.4) is 0 Å². The maximum Gasteiger partial charge on any atom is 0.355 e. The average molecular weight is 303 g/mol. The van der Waals surface area contributed by atoms with E-state index in [0.29, 0.717) is 11.4 Å². The number of ether oxygens (including phenoxy) is 2.